The third-order valence-corrected chi connectivity index (χ3v) is 6.43. The number of hydrogen-bond donors (Lipinski definition) is 0. The Labute approximate surface area is 120 Å². The van der Waals surface area contributed by atoms with Gasteiger partial charge in [0.15, 0.2) is 0 Å². The van der Waals surface area contributed by atoms with Crippen LogP contribution >= 0.6 is 39.5 Å². The van der Waals surface area contributed by atoms with E-state index in [1.165, 1.54) is 24.3 Å². The van der Waals surface area contributed by atoms with E-state index in [0.29, 0.717) is 0 Å². The van der Waals surface area contributed by atoms with Crippen LogP contribution in [0.25, 0.3) is 0 Å². The maximum Gasteiger partial charge on any atom is 0.122 e. The molecule has 0 nitrogen and oxygen atoms in total. The molecule has 0 spiro atoms. The Bertz CT molecular complexity index is 422. The average Bonchev–Trinajstić information content (AvgIpc) is 2.78. The minimum Gasteiger partial charge on any atom is -0.131 e. The van der Waals surface area contributed by atoms with Gasteiger partial charge in [0, 0.05) is 21.5 Å². The predicted octanol–water partition coefficient (Wildman–Crippen LogP) is 4.78. The van der Waals surface area contributed by atoms with Gasteiger partial charge in [-0.3, -0.25) is 0 Å². The summed E-state index contributed by atoms with van der Waals surface area (Å²) < 4.78 is 1.26. The number of hydrogen-bond acceptors (Lipinski definition) is 2. The van der Waals surface area contributed by atoms with Gasteiger partial charge >= 0.3 is 0 Å². The Hall–Kier alpha value is -0.0400. The van der Waals surface area contributed by atoms with E-state index < -0.39 is 0 Å². The molecular formula is C14H15BrS2. The van der Waals surface area contributed by atoms with Crippen LogP contribution < -0.4 is 0 Å². The molecule has 1 fully saturated rings. The van der Waals surface area contributed by atoms with Crippen molar-refractivity contribution in [2.24, 2.45) is 0 Å². The highest BCUT2D eigenvalue weighted by molar-refractivity contribution is 9.10. The Morgan fingerprint density at radius 3 is 2.47 bits per heavy atom. The quantitative estimate of drug-likeness (QED) is 0.717. The molecule has 1 saturated heterocycles. The molecule has 0 N–H and O–H groups in total. The van der Waals surface area contributed by atoms with Crippen molar-refractivity contribution in [1.29, 1.82) is 0 Å². The highest BCUT2D eigenvalue weighted by atomic mass is 79.9. The topological polar surface area (TPSA) is 0 Å². The largest absolute Gasteiger partial charge is 0.131 e. The van der Waals surface area contributed by atoms with Gasteiger partial charge in [0.2, 0.25) is 0 Å². The Kier molecular flexibility index (Phi) is 4.90. The summed E-state index contributed by atoms with van der Waals surface area (Å²) in [6.45, 7) is 2.24. The molecule has 2 rings (SSSR count). The predicted molar refractivity (Wildman–Crippen MR) is 83.6 cm³/mol. The van der Waals surface area contributed by atoms with Crippen molar-refractivity contribution >= 4 is 39.5 Å². The van der Waals surface area contributed by atoms with Crippen LogP contribution in [0.1, 0.15) is 25.3 Å². The fourth-order valence-corrected chi connectivity index (χ4v) is 5.13. The van der Waals surface area contributed by atoms with Crippen molar-refractivity contribution in [2.75, 3.05) is 11.5 Å². The van der Waals surface area contributed by atoms with Gasteiger partial charge in [-0.25, -0.2) is 0 Å². The molecule has 1 heterocycles. The zero-order valence-corrected chi connectivity index (χ0v) is 13.1. The molecule has 90 valence electrons. The summed E-state index contributed by atoms with van der Waals surface area (Å²) >= 11 is 7.48. The van der Waals surface area contributed by atoms with Crippen molar-refractivity contribution in [1.82, 2.24) is 0 Å². The van der Waals surface area contributed by atoms with Crippen molar-refractivity contribution in [2.45, 2.75) is 23.8 Å². The first-order valence-electron chi connectivity index (χ1n) is 5.81. The maximum absolute atomic E-state index is 3.49. The summed E-state index contributed by atoms with van der Waals surface area (Å²) in [5.41, 5.74) is 1.11. The smallest absolute Gasteiger partial charge is 0.122 e. The van der Waals surface area contributed by atoms with Gasteiger partial charge in [0.1, 0.15) is 4.08 Å². The molecule has 3 heteroatoms. The van der Waals surface area contributed by atoms with Crippen LogP contribution in [0.3, 0.4) is 0 Å². The summed E-state index contributed by atoms with van der Waals surface area (Å²) in [6.07, 6.45) is 2.39. The summed E-state index contributed by atoms with van der Waals surface area (Å²) in [6, 6.07) is 8.24. The lowest BCUT2D eigenvalue weighted by Gasteiger charge is -2.19. The molecule has 1 aliphatic rings. The SMILES string of the molecule is CCCC1(C#Cc2ccc(Br)cc2)SCCS1. The molecule has 17 heavy (non-hydrogen) atoms. The van der Waals surface area contributed by atoms with Crippen molar-refractivity contribution in [3.05, 3.63) is 34.3 Å². The van der Waals surface area contributed by atoms with Gasteiger partial charge in [-0.15, -0.1) is 23.5 Å². The summed E-state index contributed by atoms with van der Waals surface area (Å²) in [5, 5.41) is 0. The molecule has 0 bridgehead atoms. The van der Waals surface area contributed by atoms with Crippen LogP contribution in [0.2, 0.25) is 0 Å². The van der Waals surface area contributed by atoms with E-state index in [0.717, 1.165) is 10.0 Å². The second-order valence-electron chi connectivity index (χ2n) is 3.96. The number of rotatable bonds is 2. The van der Waals surface area contributed by atoms with Crippen LogP contribution in [0.4, 0.5) is 0 Å². The van der Waals surface area contributed by atoms with Gasteiger partial charge in [-0.2, -0.15) is 0 Å². The van der Waals surface area contributed by atoms with E-state index in [2.05, 4.69) is 46.8 Å². The Balaban J connectivity index is 2.15. The van der Waals surface area contributed by atoms with Gasteiger partial charge in [-0.1, -0.05) is 41.1 Å². The van der Waals surface area contributed by atoms with Crippen molar-refractivity contribution in [3.8, 4) is 11.8 Å². The van der Waals surface area contributed by atoms with E-state index in [1.54, 1.807) is 0 Å². The van der Waals surface area contributed by atoms with Gasteiger partial charge < -0.3 is 0 Å². The fourth-order valence-electron chi connectivity index (χ4n) is 1.76. The Morgan fingerprint density at radius 2 is 1.88 bits per heavy atom. The molecule has 0 atom stereocenters. The lowest BCUT2D eigenvalue weighted by atomic mass is 10.2. The highest BCUT2D eigenvalue weighted by Gasteiger charge is 2.32. The third-order valence-electron chi connectivity index (χ3n) is 2.57. The molecule has 0 radical (unpaired) electrons. The van der Waals surface area contributed by atoms with E-state index >= 15 is 0 Å². The first-order valence-corrected chi connectivity index (χ1v) is 8.57. The summed E-state index contributed by atoms with van der Waals surface area (Å²) in [5.74, 6) is 9.29. The second kappa shape index (κ2) is 6.22. The molecule has 1 aromatic rings. The average molecular weight is 327 g/mol. The van der Waals surface area contributed by atoms with Gasteiger partial charge in [0.25, 0.3) is 0 Å². The first-order chi connectivity index (χ1) is 8.24. The van der Waals surface area contributed by atoms with Gasteiger partial charge in [-0.05, 0) is 30.7 Å². The lowest BCUT2D eigenvalue weighted by molar-refractivity contribution is 0.811. The molecule has 0 amide bonds. The zero-order valence-electron chi connectivity index (χ0n) is 9.83. The van der Waals surface area contributed by atoms with Crippen LogP contribution in [0.15, 0.2) is 28.7 Å². The Morgan fingerprint density at radius 1 is 1.24 bits per heavy atom. The second-order valence-corrected chi connectivity index (χ2v) is 7.92. The monoisotopic (exact) mass is 326 g/mol. The summed E-state index contributed by atoms with van der Waals surface area (Å²) in [7, 11) is 0. The van der Waals surface area contributed by atoms with E-state index in [-0.39, 0.29) is 4.08 Å². The number of thioether (sulfide) groups is 2. The summed E-state index contributed by atoms with van der Waals surface area (Å²) in [4.78, 5) is 0. The molecule has 0 saturated carbocycles. The molecule has 0 aliphatic carbocycles. The lowest BCUT2D eigenvalue weighted by Crippen LogP contribution is -2.13. The standard InChI is InChI=1S/C14H15BrS2/c1-2-8-14(16-10-11-17-14)9-7-12-3-5-13(15)6-4-12/h3-6H,2,8,10-11H2,1H3. The minimum atomic E-state index is 0.155. The van der Waals surface area contributed by atoms with Crippen molar-refractivity contribution < 1.29 is 0 Å². The molecule has 1 aromatic carbocycles. The van der Waals surface area contributed by atoms with E-state index in [9.17, 15) is 0 Å². The maximum atomic E-state index is 3.49. The van der Waals surface area contributed by atoms with Gasteiger partial charge in [0.05, 0.1) is 0 Å². The molecule has 1 aliphatic heterocycles. The van der Waals surface area contributed by atoms with Crippen LogP contribution in [0.5, 0.6) is 0 Å². The molecule has 0 aromatic heterocycles. The zero-order chi connectivity index (χ0) is 12.1. The van der Waals surface area contributed by atoms with Crippen LogP contribution in [0, 0.1) is 11.8 Å². The highest BCUT2D eigenvalue weighted by Crippen LogP contribution is 2.46. The molecule has 0 unspecified atom stereocenters. The normalized spacial score (nSPS) is 17.5. The number of benzene rings is 1. The van der Waals surface area contributed by atoms with Crippen molar-refractivity contribution in [3.63, 3.8) is 0 Å². The molecular weight excluding hydrogens is 312 g/mol. The number of halogens is 1. The minimum absolute atomic E-state index is 0.155. The van der Waals surface area contributed by atoms with E-state index in [1.807, 2.05) is 35.7 Å². The van der Waals surface area contributed by atoms with Crippen LogP contribution in [-0.2, 0) is 0 Å². The van der Waals surface area contributed by atoms with E-state index in [4.69, 9.17) is 0 Å². The van der Waals surface area contributed by atoms with Crippen LogP contribution in [-0.4, -0.2) is 15.6 Å². The third kappa shape index (κ3) is 3.71. The first kappa shape index (κ1) is 13.4. The fraction of sp³-hybridized carbons (Fsp3) is 0.429.